The van der Waals surface area contributed by atoms with E-state index in [1.54, 1.807) is 0 Å². The van der Waals surface area contributed by atoms with Crippen molar-refractivity contribution in [2.24, 2.45) is 0 Å². The summed E-state index contributed by atoms with van der Waals surface area (Å²) in [4.78, 5) is 0. The lowest BCUT2D eigenvalue weighted by molar-refractivity contribution is 0.769. The van der Waals surface area contributed by atoms with E-state index in [0.717, 1.165) is 12.1 Å². The van der Waals surface area contributed by atoms with Gasteiger partial charge in [0.2, 0.25) is 0 Å². The van der Waals surface area contributed by atoms with Crippen molar-refractivity contribution >= 4 is 16.6 Å². The van der Waals surface area contributed by atoms with Crippen molar-refractivity contribution < 1.29 is 0 Å². The van der Waals surface area contributed by atoms with Crippen LogP contribution < -0.4 is 0 Å². The minimum absolute atomic E-state index is 0.624. The quantitative estimate of drug-likeness (QED) is 0.720. The molecule has 0 saturated heterocycles. The first-order chi connectivity index (χ1) is 7.13. The van der Waals surface area contributed by atoms with Gasteiger partial charge in [0.15, 0.2) is 0 Å². The van der Waals surface area contributed by atoms with Crippen molar-refractivity contribution in [1.29, 1.82) is 5.41 Å². The van der Waals surface area contributed by atoms with Gasteiger partial charge in [0, 0.05) is 23.5 Å². The summed E-state index contributed by atoms with van der Waals surface area (Å²) in [5.41, 5.74) is 4.15. The summed E-state index contributed by atoms with van der Waals surface area (Å²) in [7, 11) is 0. The number of benzene rings is 1. The first-order valence-electron chi connectivity index (χ1n) is 5.29. The van der Waals surface area contributed by atoms with Gasteiger partial charge in [-0.25, -0.2) is 0 Å². The molecule has 0 radical (unpaired) electrons. The third-order valence-corrected chi connectivity index (χ3v) is 2.86. The molecule has 2 rings (SSSR count). The average Bonchev–Trinajstić information content (AvgIpc) is 2.51. The Morgan fingerprint density at radius 1 is 1.33 bits per heavy atom. The molecule has 0 aliphatic carbocycles. The molecule has 1 aromatic carbocycles. The fourth-order valence-electron chi connectivity index (χ4n) is 2.05. The zero-order chi connectivity index (χ0) is 11.0. The molecule has 1 N–H and O–H groups in total. The van der Waals surface area contributed by atoms with Crippen LogP contribution in [0.4, 0.5) is 0 Å². The van der Waals surface area contributed by atoms with Crippen LogP contribution in [0.2, 0.25) is 0 Å². The second kappa shape index (κ2) is 3.54. The normalized spacial score (nSPS) is 10.9. The molecule has 1 aromatic heterocycles. The first-order valence-corrected chi connectivity index (χ1v) is 5.29. The number of fused-ring (bicyclic) bond motifs is 1. The summed E-state index contributed by atoms with van der Waals surface area (Å²) in [6.07, 6.45) is 0. The summed E-state index contributed by atoms with van der Waals surface area (Å²) in [6, 6.07) is 8.42. The molecule has 0 bridgehead atoms. The molecule has 0 atom stereocenters. The minimum Gasteiger partial charge on any atom is -0.345 e. The highest BCUT2D eigenvalue weighted by Gasteiger charge is 2.05. The number of rotatable bonds is 2. The van der Waals surface area contributed by atoms with Gasteiger partial charge < -0.3 is 9.98 Å². The third kappa shape index (κ3) is 1.56. The molecule has 0 aliphatic rings. The summed E-state index contributed by atoms with van der Waals surface area (Å²) in [5, 5.41) is 8.90. The van der Waals surface area contributed by atoms with Gasteiger partial charge in [-0.05, 0) is 43.9 Å². The van der Waals surface area contributed by atoms with Crippen molar-refractivity contribution in [1.82, 2.24) is 4.57 Å². The van der Waals surface area contributed by atoms with Gasteiger partial charge in [-0.3, -0.25) is 0 Å². The van der Waals surface area contributed by atoms with Crippen LogP contribution in [0.1, 0.15) is 25.1 Å². The molecule has 2 aromatic rings. The van der Waals surface area contributed by atoms with E-state index in [1.165, 1.54) is 16.6 Å². The summed E-state index contributed by atoms with van der Waals surface area (Å²) in [5.74, 6) is 0. The fraction of sp³-hybridized carbons (Fsp3) is 0.308. The van der Waals surface area contributed by atoms with E-state index < -0.39 is 0 Å². The van der Waals surface area contributed by atoms with E-state index in [0.29, 0.717) is 5.71 Å². The summed E-state index contributed by atoms with van der Waals surface area (Å²) >= 11 is 0. The highest BCUT2D eigenvalue weighted by molar-refractivity contribution is 5.99. The molecule has 0 aliphatic heterocycles. The van der Waals surface area contributed by atoms with E-state index >= 15 is 0 Å². The first kappa shape index (κ1) is 9.97. The molecular weight excluding hydrogens is 184 g/mol. The lowest BCUT2D eigenvalue weighted by atomic mass is 10.1. The fourth-order valence-corrected chi connectivity index (χ4v) is 2.05. The molecule has 0 saturated carbocycles. The van der Waals surface area contributed by atoms with Crippen LogP contribution in [0, 0.1) is 12.3 Å². The standard InChI is InChI=1S/C13H16N2/c1-4-15-9(2)7-12-6-5-11(10(3)14)8-13(12)15/h5-8,14H,4H2,1-3H3. The zero-order valence-electron chi connectivity index (χ0n) is 9.46. The Labute approximate surface area is 90.0 Å². The van der Waals surface area contributed by atoms with Gasteiger partial charge in [0.05, 0.1) is 0 Å². The van der Waals surface area contributed by atoms with Crippen LogP contribution in [0.15, 0.2) is 24.3 Å². The van der Waals surface area contributed by atoms with Gasteiger partial charge in [-0.1, -0.05) is 12.1 Å². The zero-order valence-corrected chi connectivity index (χ0v) is 9.46. The highest BCUT2D eigenvalue weighted by Crippen LogP contribution is 2.21. The van der Waals surface area contributed by atoms with Crippen LogP contribution in [0.3, 0.4) is 0 Å². The largest absolute Gasteiger partial charge is 0.345 e. The van der Waals surface area contributed by atoms with E-state index in [4.69, 9.17) is 5.41 Å². The average molecular weight is 200 g/mol. The lowest BCUT2D eigenvalue weighted by Gasteiger charge is -2.05. The molecule has 1 heterocycles. The molecule has 0 unspecified atom stereocenters. The summed E-state index contributed by atoms with van der Waals surface area (Å²) in [6.45, 7) is 7.08. The Morgan fingerprint density at radius 2 is 2.07 bits per heavy atom. The van der Waals surface area contributed by atoms with Crippen molar-refractivity contribution in [3.63, 3.8) is 0 Å². The van der Waals surface area contributed by atoms with E-state index in [1.807, 2.05) is 13.0 Å². The predicted molar refractivity (Wildman–Crippen MR) is 64.9 cm³/mol. The van der Waals surface area contributed by atoms with Crippen LogP contribution in [-0.4, -0.2) is 10.3 Å². The van der Waals surface area contributed by atoms with Gasteiger partial charge in [-0.2, -0.15) is 0 Å². The minimum atomic E-state index is 0.624. The van der Waals surface area contributed by atoms with E-state index in [2.05, 4.69) is 36.6 Å². The van der Waals surface area contributed by atoms with E-state index in [9.17, 15) is 0 Å². The number of nitrogens with one attached hydrogen (secondary N) is 1. The number of aromatic nitrogens is 1. The summed E-state index contributed by atoms with van der Waals surface area (Å²) < 4.78 is 2.28. The SMILES string of the molecule is CCn1c(C)cc2ccc(C(C)=N)cc21. The monoisotopic (exact) mass is 200 g/mol. The van der Waals surface area contributed by atoms with Crippen LogP contribution >= 0.6 is 0 Å². The Bertz CT molecular complexity index is 521. The second-order valence-electron chi connectivity index (χ2n) is 3.93. The molecule has 2 nitrogen and oxygen atoms in total. The van der Waals surface area contributed by atoms with Crippen molar-refractivity contribution in [2.75, 3.05) is 0 Å². The van der Waals surface area contributed by atoms with Crippen LogP contribution in [0.25, 0.3) is 10.9 Å². The molecule has 2 heteroatoms. The smallest absolute Gasteiger partial charge is 0.0488 e. The molecule has 0 fully saturated rings. The van der Waals surface area contributed by atoms with Gasteiger partial charge in [0.1, 0.15) is 0 Å². The maximum Gasteiger partial charge on any atom is 0.0488 e. The van der Waals surface area contributed by atoms with Crippen molar-refractivity contribution in [3.8, 4) is 0 Å². The Morgan fingerprint density at radius 3 is 2.67 bits per heavy atom. The maximum atomic E-state index is 7.64. The number of hydrogen-bond donors (Lipinski definition) is 1. The van der Waals surface area contributed by atoms with Gasteiger partial charge in [-0.15, -0.1) is 0 Å². The number of aryl methyl sites for hydroxylation is 2. The highest BCUT2D eigenvalue weighted by atomic mass is 15.0. The topological polar surface area (TPSA) is 28.8 Å². The molecule has 15 heavy (non-hydrogen) atoms. The lowest BCUT2D eigenvalue weighted by Crippen LogP contribution is -1.97. The Hall–Kier alpha value is -1.57. The number of hydrogen-bond acceptors (Lipinski definition) is 1. The van der Waals surface area contributed by atoms with Crippen molar-refractivity contribution in [2.45, 2.75) is 27.3 Å². The second-order valence-corrected chi connectivity index (χ2v) is 3.93. The van der Waals surface area contributed by atoms with Gasteiger partial charge >= 0.3 is 0 Å². The van der Waals surface area contributed by atoms with Crippen molar-refractivity contribution in [3.05, 3.63) is 35.5 Å². The molecule has 0 spiro atoms. The third-order valence-electron chi connectivity index (χ3n) is 2.86. The van der Waals surface area contributed by atoms with Crippen LogP contribution in [-0.2, 0) is 6.54 Å². The Kier molecular flexibility index (Phi) is 2.35. The van der Waals surface area contributed by atoms with E-state index in [-0.39, 0.29) is 0 Å². The Balaban J connectivity index is 2.73. The molecular formula is C13H16N2. The maximum absolute atomic E-state index is 7.64. The number of nitrogens with zero attached hydrogens (tertiary/aromatic N) is 1. The molecule has 0 amide bonds. The predicted octanol–water partition coefficient (Wildman–Crippen LogP) is 3.36. The molecule has 78 valence electrons. The van der Waals surface area contributed by atoms with Crippen LogP contribution in [0.5, 0.6) is 0 Å². The van der Waals surface area contributed by atoms with Gasteiger partial charge in [0.25, 0.3) is 0 Å².